The van der Waals surface area contributed by atoms with Gasteiger partial charge in [-0.05, 0) is 130 Å². The molecule has 0 radical (unpaired) electrons. The van der Waals surface area contributed by atoms with Crippen molar-refractivity contribution in [3.63, 3.8) is 0 Å². The van der Waals surface area contributed by atoms with Gasteiger partial charge in [0.15, 0.2) is 0 Å². The fourth-order valence-corrected chi connectivity index (χ4v) is 9.72. The summed E-state index contributed by atoms with van der Waals surface area (Å²) in [5.74, 6) is 0.257. The highest BCUT2D eigenvalue weighted by atomic mass is 14.4. The summed E-state index contributed by atoms with van der Waals surface area (Å²) in [5.41, 5.74) is 21.2. The molecule has 1 unspecified atom stereocenters. The van der Waals surface area contributed by atoms with E-state index in [0.29, 0.717) is 0 Å². The van der Waals surface area contributed by atoms with E-state index in [4.69, 9.17) is 0 Å². The Balaban J connectivity index is 1.04. The second-order valence-electron chi connectivity index (χ2n) is 14.7. The molecule has 0 fully saturated rings. The average Bonchev–Trinajstić information content (AvgIpc) is 3.34. The summed E-state index contributed by atoms with van der Waals surface area (Å²) in [7, 11) is 0. The van der Waals surface area contributed by atoms with Crippen LogP contribution in [0.4, 0.5) is 0 Å². The largest absolute Gasteiger partial charge is 0.0795 e. The Labute approximate surface area is 276 Å². The molecule has 0 heterocycles. The molecule has 0 heteroatoms. The lowest BCUT2D eigenvalue weighted by atomic mass is 9.74. The standard InChI is InChI=1S/C47H34/c1-47(2)41-25-32(35-20-16-31-15-13-27-6-3-7-29-17-23-39(35)46(31)43(27)29)18-21-36(41)37-22-19-33(26-42(37)47)40-24-34-10-4-8-28-12-14-30-9-5-11-38(40)45(30)44(28)34/h3-6,8-9,11-22,24-26,40H,7,10,23H2,1-2H3. The van der Waals surface area contributed by atoms with Crippen LogP contribution in [0, 0.1) is 0 Å². The molecule has 5 aliphatic carbocycles. The van der Waals surface area contributed by atoms with Crippen molar-refractivity contribution in [2.75, 3.05) is 0 Å². The fourth-order valence-electron chi connectivity index (χ4n) is 9.72. The van der Waals surface area contributed by atoms with Crippen LogP contribution >= 0.6 is 0 Å². The molecule has 222 valence electrons. The first-order chi connectivity index (χ1) is 23.0. The van der Waals surface area contributed by atoms with Crippen molar-refractivity contribution in [3.8, 4) is 22.3 Å². The molecule has 0 N–H and O–H groups in total. The molecule has 0 nitrogen and oxygen atoms in total. The van der Waals surface area contributed by atoms with Gasteiger partial charge >= 0.3 is 0 Å². The van der Waals surface area contributed by atoms with Crippen LogP contribution in [-0.2, 0) is 11.8 Å². The molecule has 1 atom stereocenters. The highest BCUT2D eigenvalue weighted by molar-refractivity contribution is 6.06. The third-order valence-electron chi connectivity index (χ3n) is 12.0. The third-order valence-corrected chi connectivity index (χ3v) is 12.0. The third kappa shape index (κ3) is 3.38. The van der Waals surface area contributed by atoms with Crippen LogP contribution in [0.3, 0.4) is 0 Å². The predicted octanol–water partition coefficient (Wildman–Crippen LogP) is 12.3. The second-order valence-corrected chi connectivity index (χ2v) is 14.7. The summed E-state index contributed by atoms with van der Waals surface area (Å²) >= 11 is 0. The van der Waals surface area contributed by atoms with Crippen molar-refractivity contribution < 1.29 is 0 Å². The van der Waals surface area contributed by atoms with Gasteiger partial charge in [0.1, 0.15) is 0 Å². The van der Waals surface area contributed by atoms with Crippen LogP contribution in [-0.4, -0.2) is 0 Å². The van der Waals surface area contributed by atoms with Crippen LogP contribution in [0.2, 0.25) is 0 Å². The molecule has 6 aromatic carbocycles. The molecule has 0 aliphatic heterocycles. The van der Waals surface area contributed by atoms with Gasteiger partial charge in [-0.1, -0.05) is 135 Å². The highest BCUT2D eigenvalue weighted by Gasteiger charge is 2.37. The van der Waals surface area contributed by atoms with Gasteiger partial charge in [0.2, 0.25) is 0 Å². The Hall–Kier alpha value is -5.20. The first kappa shape index (κ1) is 25.9. The second kappa shape index (κ2) is 8.99. The summed E-state index contributed by atoms with van der Waals surface area (Å²) in [6.45, 7) is 4.86. The fraction of sp³-hybridized carbons (Fsp3) is 0.149. The smallest absolute Gasteiger partial charge is 0.0282 e. The Bertz CT molecular complexity index is 2560. The normalized spacial score (nSPS) is 18.6. The van der Waals surface area contributed by atoms with Crippen LogP contribution in [0.15, 0.2) is 115 Å². The van der Waals surface area contributed by atoms with E-state index in [1.54, 1.807) is 0 Å². The number of hydrogen-bond acceptors (Lipinski definition) is 0. The van der Waals surface area contributed by atoms with E-state index in [1.165, 1.54) is 105 Å². The van der Waals surface area contributed by atoms with Gasteiger partial charge in [-0.2, -0.15) is 0 Å². The predicted molar refractivity (Wildman–Crippen MR) is 200 cm³/mol. The van der Waals surface area contributed by atoms with Crippen molar-refractivity contribution in [3.05, 3.63) is 165 Å². The maximum absolute atomic E-state index is 2.55. The lowest BCUT2D eigenvalue weighted by molar-refractivity contribution is 0.659. The monoisotopic (exact) mass is 598 g/mol. The summed E-state index contributed by atoms with van der Waals surface area (Å²) in [6, 6.07) is 35.4. The molecule has 0 amide bonds. The molecule has 0 saturated heterocycles. The van der Waals surface area contributed by atoms with E-state index in [-0.39, 0.29) is 11.3 Å². The Morgan fingerprint density at radius 2 is 1.28 bits per heavy atom. The summed E-state index contributed by atoms with van der Waals surface area (Å²) in [4.78, 5) is 0. The molecule has 0 spiro atoms. The maximum atomic E-state index is 2.55. The van der Waals surface area contributed by atoms with Gasteiger partial charge in [0.25, 0.3) is 0 Å². The molecule has 5 aliphatic rings. The molecule has 0 aromatic heterocycles. The van der Waals surface area contributed by atoms with Crippen molar-refractivity contribution >= 4 is 44.8 Å². The van der Waals surface area contributed by atoms with E-state index in [9.17, 15) is 0 Å². The molecule has 0 saturated carbocycles. The van der Waals surface area contributed by atoms with Crippen LogP contribution in [0.25, 0.3) is 67.1 Å². The zero-order valence-corrected chi connectivity index (χ0v) is 26.8. The number of allylic oxidation sites excluding steroid dienone is 6. The minimum absolute atomic E-state index is 0.0890. The van der Waals surface area contributed by atoms with Crippen molar-refractivity contribution in [2.24, 2.45) is 0 Å². The number of hydrogen-bond donors (Lipinski definition) is 0. The zero-order chi connectivity index (χ0) is 31.0. The maximum Gasteiger partial charge on any atom is 0.0282 e. The molecular formula is C47H34. The molecule has 11 rings (SSSR count). The zero-order valence-electron chi connectivity index (χ0n) is 26.8. The first-order valence-electron chi connectivity index (χ1n) is 17.2. The summed E-state index contributed by atoms with van der Waals surface area (Å²) in [6.07, 6.45) is 17.3. The lowest BCUT2D eigenvalue weighted by Gasteiger charge is -2.29. The number of fused-ring (bicyclic) bond motifs is 3. The van der Waals surface area contributed by atoms with E-state index in [2.05, 4.69) is 141 Å². The van der Waals surface area contributed by atoms with Gasteiger partial charge in [-0.25, -0.2) is 0 Å². The minimum Gasteiger partial charge on any atom is -0.0795 e. The molecule has 6 aromatic rings. The molecular weight excluding hydrogens is 565 g/mol. The van der Waals surface area contributed by atoms with Crippen LogP contribution in [0.5, 0.6) is 0 Å². The summed E-state index contributed by atoms with van der Waals surface area (Å²) < 4.78 is 0. The first-order valence-corrected chi connectivity index (χ1v) is 17.2. The van der Waals surface area contributed by atoms with Gasteiger partial charge in [-0.3, -0.25) is 0 Å². The van der Waals surface area contributed by atoms with Gasteiger partial charge in [0, 0.05) is 11.3 Å². The Morgan fingerprint density at radius 1 is 0.596 bits per heavy atom. The van der Waals surface area contributed by atoms with Gasteiger partial charge in [-0.15, -0.1) is 0 Å². The van der Waals surface area contributed by atoms with Crippen LogP contribution < -0.4 is 0 Å². The van der Waals surface area contributed by atoms with Gasteiger partial charge < -0.3 is 0 Å². The van der Waals surface area contributed by atoms with E-state index < -0.39 is 0 Å². The Kier molecular flexibility index (Phi) is 4.96. The number of benzene rings is 6. The van der Waals surface area contributed by atoms with E-state index in [1.807, 2.05) is 0 Å². The lowest BCUT2D eigenvalue weighted by Crippen LogP contribution is -2.16. The highest BCUT2D eigenvalue weighted by Crippen LogP contribution is 2.53. The summed E-state index contributed by atoms with van der Waals surface area (Å²) in [5, 5.41) is 5.63. The average molecular weight is 599 g/mol. The molecule has 0 bridgehead atoms. The number of rotatable bonds is 2. The van der Waals surface area contributed by atoms with Crippen molar-refractivity contribution in [2.45, 2.75) is 44.4 Å². The van der Waals surface area contributed by atoms with E-state index in [0.717, 1.165) is 19.3 Å². The SMILES string of the molecule is CC1(C)c2cc(-c3ccc4ccc5c6c4c3CC=C6CC=C5)ccc2-c2ccc(C3C=C4CC=Cc5ccc6cccc3c6c54)cc21. The molecule has 47 heavy (non-hydrogen) atoms. The van der Waals surface area contributed by atoms with Gasteiger partial charge in [0.05, 0.1) is 0 Å². The van der Waals surface area contributed by atoms with E-state index >= 15 is 0 Å². The topological polar surface area (TPSA) is 0 Å². The van der Waals surface area contributed by atoms with Crippen molar-refractivity contribution in [1.29, 1.82) is 0 Å². The van der Waals surface area contributed by atoms with Crippen molar-refractivity contribution in [1.82, 2.24) is 0 Å². The van der Waals surface area contributed by atoms with Crippen LogP contribution in [0.1, 0.15) is 82.7 Å². The quantitative estimate of drug-likeness (QED) is 0.186. The minimum atomic E-state index is -0.0890. The Morgan fingerprint density at radius 3 is 2.11 bits per heavy atom.